The second-order valence-corrected chi connectivity index (χ2v) is 7.32. The van der Waals surface area contributed by atoms with E-state index in [0.717, 1.165) is 36.6 Å². The molecule has 0 spiro atoms. The summed E-state index contributed by atoms with van der Waals surface area (Å²) in [6, 6.07) is 14.1. The van der Waals surface area contributed by atoms with Crippen LogP contribution in [0.15, 0.2) is 42.5 Å². The normalized spacial score (nSPS) is 21.9. The molecule has 5 heteroatoms. The Morgan fingerprint density at radius 1 is 1.23 bits per heavy atom. The number of piperidine rings is 1. The first kappa shape index (κ1) is 16.9. The Morgan fingerprint density at radius 2 is 2.08 bits per heavy atom. The highest BCUT2D eigenvalue weighted by molar-refractivity contribution is 6.04. The van der Waals surface area contributed by atoms with Crippen molar-refractivity contribution in [3.05, 3.63) is 53.6 Å². The molecule has 2 aliphatic rings. The van der Waals surface area contributed by atoms with Crippen LogP contribution in [-0.4, -0.2) is 44.2 Å². The van der Waals surface area contributed by atoms with Gasteiger partial charge in [0.15, 0.2) is 0 Å². The zero-order chi connectivity index (χ0) is 18.3. The Morgan fingerprint density at radius 3 is 2.88 bits per heavy atom. The molecule has 2 atom stereocenters. The lowest BCUT2D eigenvalue weighted by Gasteiger charge is -2.36. The molecule has 0 aliphatic carbocycles. The van der Waals surface area contributed by atoms with Crippen LogP contribution in [0.25, 0.3) is 0 Å². The Labute approximate surface area is 154 Å². The highest BCUT2D eigenvalue weighted by atomic mass is 16.5. The van der Waals surface area contributed by atoms with Gasteiger partial charge in [-0.1, -0.05) is 23.8 Å². The average Bonchev–Trinajstić information content (AvgIpc) is 2.95. The van der Waals surface area contributed by atoms with Crippen LogP contribution in [0.2, 0.25) is 0 Å². The first-order valence-electron chi connectivity index (χ1n) is 9.10. The third kappa shape index (κ3) is 2.92. The molecule has 2 amide bonds. The van der Waals surface area contributed by atoms with E-state index in [1.165, 1.54) is 11.1 Å². The second kappa shape index (κ2) is 6.65. The number of ether oxygens (including phenoxy) is 1. The number of nitrogens with one attached hydrogen (secondary N) is 1. The first-order valence-corrected chi connectivity index (χ1v) is 9.10. The molecule has 0 unspecified atom stereocenters. The number of nitrogens with zero attached hydrogens (tertiary/aromatic N) is 2. The molecule has 0 radical (unpaired) electrons. The van der Waals surface area contributed by atoms with Crippen molar-refractivity contribution in [3.63, 3.8) is 0 Å². The molecule has 1 fully saturated rings. The Kier molecular flexibility index (Phi) is 4.32. The number of methoxy groups -OCH3 is 1. The van der Waals surface area contributed by atoms with Crippen molar-refractivity contribution >= 4 is 17.4 Å². The van der Waals surface area contributed by atoms with Crippen molar-refractivity contribution in [3.8, 4) is 5.75 Å². The van der Waals surface area contributed by atoms with Crippen LogP contribution in [0, 0.1) is 6.92 Å². The van der Waals surface area contributed by atoms with E-state index in [2.05, 4.69) is 42.4 Å². The van der Waals surface area contributed by atoms with Crippen molar-refractivity contribution < 1.29 is 9.53 Å². The van der Waals surface area contributed by atoms with E-state index in [4.69, 9.17) is 4.74 Å². The number of hydrogen-bond acceptors (Lipinski definition) is 3. The summed E-state index contributed by atoms with van der Waals surface area (Å²) >= 11 is 0. The fourth-order valence-corrected chi connectivity index (χ4v) is 4.23. The molecule has 1 N–H and O–H groups in total. The van der Waals surface area contributed by atoms with Gasteiger partial charge in [-0.2, -0.15) is 0 Å². The molecule has 0 saturated carbocycles. The number of amides is 2. The van der Waals surface area contributed by atoms with Gasteiger partial charge >= 0.3 is 6.03 Å². The largest absolute Gasteiger partial charge is 0.497 e. The first-order chi connectivity index (χ1) is 12.6. The number of carbonyl (C=O) groups excluding carboxylic acids is 1. The van der Waals surface area contributed by atoms with Gasteiger partial charge in [0.2, 0.25) is 0 Å². The second-order valence-electron chi connectivity index (χ2n) is 7.32. The summed E-state index contributed by atoms with van der Waals surface area (Å²) in [6.07, 6.45) is 0.987. The van der Waals surface area contributed by atoms with Crippen LogP contribution in [0.3, 0.4) is 0 Å². The lowest BCUT2D eigenvalue weighted by Crippen LogP contribution is -2.48. The quantitative estimate of drug-likeness (QED) is 0.894. The van der Waals surface area contributed by atoms with E-state index in [1.54, 1.807) is 7.11 Å². The number of fused-ring (bicyclic) bond motifs is 3. The summed E-state index contributed by atoms with van der Waals surface area (Å²) in [7, 11) is 3.79. The minimum absolute atomic E-state index is 0.0691. The van der Waals surface area contributed by atoms with Crippen LogP contribution < -0.4 is 15.0 Å². The number of aryl methyl sites for hydroxylation is 1. The van der Waals surface area contributed by atoms with Gasteiger partial charge in [-0.25, -0.2) is 4.79 Å². The lowest BCUT2D eigenvalue weighted by atomic mass is 9.89. The monoisotopic (exact) mass is 351 g/mol. The number of anilines is 2. The molecule has 26 heavy (non-hydrogen) atoms. The van der Waals surface area contributed by atoms with Gasteiger partial charge < -0.3 is 15.0 Å². The zero-order valence-electron chi connectivity index (χ0n) is 15.5. The van der Waals surface area contributed by atoms with Crippen LogP contribution in [-0.2, 0) is 0 Å². The summed E-state index contributed by atoms with van der Waals surface area (Å²) in [6.45, 7) is 4.11. The maximum atomic E-state index is 13.2. The molecular weight excluding hydrogens is 326 g/mol. The average molecular weight is 351 g/mol. The standard InChI is InChI=1S/C21H25N3O2/c1-14-7-8-19-17(11-14)18-13-23(2)10-9-20(18)24(19)21(25)22-15-5-4-6-16(12-15)26-3/h4-8,11-12,18,20H,9-10,13H2,1-3H3,(H,22,25)/t18-,20-/m1/s1. The number of likely N-dealkylation sites (N-methyl/N-ethyl adjacent to an activating group) is 1. The molecule has 5 nitrogen and oxygen atoms in total. The maximum absolute atomic E-state index is 13.2. The molecule has 2 aromatic carbocycles. The van der Waals surface area contributed by atoms with Crippen LogP contribution in [0.5, 0.6) is 5.75 Å². The van der Waals surface area contributed by atoms with E-state index in [9.17, 15) is 4.79 Å². The lowest BCUT2D eigenvalue weighted by molar-refractivity contribution is 0.224. The van der Waals surface area contributed by atoms with Crippen LogP contribution >= 0.6 is 0 Å². The Hall–Kier alpha value is -2.53. The molecular formula is C21H25N3O2. The van der Waals surface area contributed by atoms with Gasteiger partial charge in [0.25, 0.3) is 0 Å². The summed E-state index contributed by atoms with van der Waals surface area (Å²) in [5.41, 5.74) is 4.33. The minimum Gasteiger partial charge on any atom is -0.497 e. The third-order valence-electron chi connectivity index (χ3n) is 5.49. The summed E-state index contributed by atoms with van der Waals surface area (Å²) in [4.78, 5) is 17.5. The number of likely N-dealkylation sites (tertiary alicyclic amines) is 1. The SMILES string of the molecule is COc1cccc(NC(=O)N2c3ccc(C)cc3[C@H]3CN(C)CC[C@H]32)c1. The van der Waals surface area contributed by atoms with Gasteiger partial charge in [0.1, 0.15) is 5.75 Å². The highest BCUT2D eigenvalue weighted by Crippen LogP contribution is 2.45. The fraction of sp³-hybridized carbons (Fsp3) is 0.381. The van der Waals surface area contributed by atoms with Gasteiger partial charge in [0, 0.05) is 35.9 Å². The maximum Gasteiger partial charge on any atom is 0.326 e. The van der Waals surface area contributed by atoms with Crippen molar-refractivity contribution in [1.29, 1.82) is 0 Å². The zero-order valence-corrected chi connectivity index (χ0v) is 15.5. The third-order valence-corrected chi connectivity index (χ3v) is 5.49. The predicted octanol–water partition coefficient (Wildman–Crippen LogP) is 3.84. The number of urea groups is 1. The van der Waals surface area contributed by atoms with E-state index >= 15 is 0 Å². The summed E-state index contributed by atoms with van der Waals surface area (Å²) in [5.74, 6) is 1.11. The van der Waals surface area contributed by atoms with Crippen molar-refractivity contribution in [2.45, 2.75) is 25.3 Å². The van der Waals surface area contributed by atoms with Crippen LogP contribution in [0.1, 0.15) is 23.5 Å². The van der Waals surface area contributed by atoms with Gasteiger partial charge in [-0.3, -0.25) is 4.90 Å². The molecule has 1 saturated heterocycles. The van der Waals surface area contributed by atoms with E-state index < -0.39 is 0 Å². The molecule has 0 bridgehead atoms. The number of carbonyl (C=O) groups is 1. The predicted molar refractivity (Wildman–Crippen MR) is 104 cm³/mol. The van der Waals surface area contributed by atoms with Gasteiger partial charge in [0.05, 0.1) is 7.11 Å². The molecule has 2 heterocycles. The van der Waals surface area contributed by atoms with Crippen molar-refractivity contribution in [2.75, 3.05) is 37.5 Å². The fourth-order valence-electron chi connectivity index (χ4n) is 4.23. The molecule has 2 aliphatic heterocycles. The van der Waals surface area contributed by atoms with Crippen molar-refractivity contribution in [1.82, 2.24) is 4.90 Å². The van der Waals surface area contributed by atoms with E-state index in [0.29, 0.717) is 5.92 Å². The van der Waals surface area contributed by atoms with Gasteiger partial charge in [-0.05, 0) is 50.7 Å². The summed E-state index contributed by atoms with van der Waals surface area (Å²) < 4.78 is 5.26. The highest BCUT2D eigenvalue weighted by Gasteiger charge is 2.43. The van der Waals surface area contributed by atoms with E-state index in [1.807, 2.05) is 29.2 Å². The summed E-state index contributed by atoms with van der Waals surface area (Å²) in [5, 5.41) is 3.05. The van der Waals surface area contributed by atoms with Crippen molar-refractivity contribution in [2.24, 2.45) is 0 Å². The van der Waals surface area contributed by atoms with Crippen LogP contribution in [0.4, 0.5) is 16.2 Å². The number of rotatable bonds is 2. The topological polar surface area (TPSA) is 44.8 Å². The molecule has 4 rings (SSSR count). The van der Waals surface area contributed by atoms with Gasteiger partial charge in [-0.15, -0.1) is 0 Å². The molecule has 136 valence electrons. The molecule has 0 aromatic heterocycles. The number of benzene rings is 2. The molecule has 2 aromatic rings. The number of hydrogen-bond donors (Lipinski definition) is 1. The smallest absolute Gasteiger partial charge is 0.326 e. The van der Waals surface area contributed by atoms with E-state index in [-0.39, 0.29) is 12.1 Å². The minimum atomic E-state index is -0.0691. The Balaban J connectivity index is 1.65. The Bertz CT molecular complexity index is 836.